The van der Waals surface area contributed by atoms with Crippen molar-refractivity contribution in [3.8, 4) is 11.1 Å². The monoisotopic (exact) mass is 450 g/mol. The third-order valence-corrected chi connectivity index (χ3v) is 6.80. The van der Waals surface area contributed by atoms with Crippen LogP contribution in [-0.4, -0.2) is 53.2 Å². The van der Waals surface area contributed by atoms with E-state index in [1.807, 2.05) is 31.2 Å². The summed E-state index contributed by atoms with van der Waals surface area (Å²) in [5, 5.41) is 12.0. The minimum atomic E-state index is -1.17. The lowest BCUT2D eigenvalue weighted by molar-refractivity contribution is -0.149. The topological polar surface area (TPSA) is 95.9 Å². The van der Waals surface area contributed by atoms with Gasteiger partial charge in [0.25, 0.3) is 0 Å². The van der Waals surface area contributed by atoms with Crippen molar-refractivity contribution < 1.29 is 24.2 Å². The summed E-state index contributed by atoms with van der Waals surface area (Å²) in [6.45, 7) is 6.01. The molecule has 1 heterocycles. The van der Waals surface area contributed by atoms with E-state index >= 15 is 0 Å². The fourth-order valence-corrected chi connectivity index (χ4v) is 5.04. The Labute approximate surface area is 193 Å². The number of nitrogens with zero attached hydrogens (tertiary/aromatic N) is 1. The zero-order valence-electron chi connectivity index (χ0n) is 19.2. The van der Waals surface area contributed by atoms with Crippen LogP contribution in [0.4, 0.5) is 4.79 Å². The van der Waals surface area contributed by atoms with Crippen molar-refractivity contribution in [1.82, 2.24) is 10.2 Å². The molecule has 2 aromatic carbocycles. The summed E-state index contributed by atoms with van der Waals surface area (Å²) in [5.41, 5.74) is 3.38. The van der Waals surface area contributed by atoms with Crippen LogP contribution >= 0.6 is 0 Å². The number of carboxylic acid groups (broad SMARTS) is 1. The molecule has 7 nitrogen and oxygen atoms in total. The average molecular weight is 451 g/mol. The number of amides is 2. The van der Waals surface area contributed by atoms with Crippen LogP contribution in [0.3, 0.4) is 0 Å². The summed E-state index contributed by atoms with van der Waals surface area (Å²) in [6, 6.07) is 16.2. The van der Waals surface area contributed by atoms with E-state index < -0.39 is 23.5 Å². The maximum Gasteiger partial charge on any atom is 0.408 e. The number of rotatable bonds is 5. The average Bonchev–Trinajstić information content (AvgIpc) is 3.10. The first-order valence-electron chi connectivity index (χ1n) is 11.3. The van der Waals surface area contributed by atoms with Crippen LogP contribution in [0.15, 0.2) is 48.5 Å². The lowest BCUT2D eigenvalue weighted by Gasteiger charge is -2.39. The highest BCUT2D eigenvalue weighted by Gasteiger charge is 2.39. The number of aliphatic carboxylic acids is 1. The summed E-state index contributed by atoms with van der Waals surface area (Å²) in [4.78, 5) is 38.7. The number of ether oxygens (including phenoxy) is 1. The first-order chi connectivity index (χ1) is 15.7. The molecule has 2 N–H and O–H groups in total. The number of piperidine rings is 1. The Bertz CT molecular complexity index is 1030. The predicted octanol–water partition coefficient (Wildman–Crippen LogP) is 3.87. The van der Waals surface area contributed by atoms with E-state index in [9.17, 15) is 19.5 Å². The zero-order chi connectivity index (χ0) is 23.8. The molecule has 174 valence electrons. The van der Waals surface area contributed by atoms with Crippen molar-refractivity contribution in [3.05, 3.63) is 59.7 Å². The van der Waals surface area contributed by atoms with E-state index in [0.717, 1.165) is 22.3 Å². The van der Waals surface area contributed by atoms with Crippen LogP contribution in [0, 0.1) is 11.8 Å². The molecule has 2 unspecified atom stereocenters. The summed E-state index contributed by atoms with van der Waals surface area (Å²) < 4.78 is 5.58. The Morgan fingerprint density at radius 1 is 1.06 bits per heavy atom. The molecular weight excluding hydrogens is 420 g/mol. The molecule has 2 aliphatic rings. The molecule has 1 aliphatic heterocycles. The maximum absolute atomic E-state index is 13.1. The Morgan fingerprint density at radius 3 is 2.18 bits per heavy atom. The highest BCUT2D eigenvalue weighted by molar-refractivity contribution is 5.89. The number of carbonyl (C=O) groups excluding carboxylic acids is 2. The Morgan fingerprint density at radius 2 is 1.64 bits per heavy atom. The van der Waals surface area contributed by atoms with Gasteiger partial charge in [-0.3, -0.25) is 9.59 Å². The molecule has 0 aromatic heterocycles. The lowest BCUT2D eigenvalue weighted by atomic mass is 9.86. The first kappa shape index (κ1) is 22.8. The van der Waals surface area contributed by atoms with Gasteiger partial charge in [-0.1, -0.05) is 55.5 Å². The van der Waals surface area contributed by atoms with Gasteiger partial charge in [0.15, 0.2) is 0 Å². The van der Waals surface area contributed by atoms with Crippen molar-refractivity contribution in [3.63, 3.8) is 0 Å². The fourth-order valence-electron chi connectivity index (χ4n) is 5.04. The minimum Gasteiger partial charge on any atom is -0.481 e. The van der Waals surface area contributed by atoms with E-state index in [1.54, 1.807) is 18.7 Å². The van der Waals surface area contributed by atoms with E-state index in [-0.39, 0.29) is 24.3 Å². The van der Waals surface area contributed by atoms with Crippen LogP contribution in [0.25, 0.3) is 11.1 Å². The van der Waals surface area contributed by atoms with Gasteiger partial charge in [-0.2, -0.15) is 0 Å². The molecule has 1 fully saturated rings. The molecule has 2 aromatic rings. The second-order valence-corrected chi connectivity index (χ2v) is 9.54. The molecule has 4 rings (SSSR count). The molecule has 0 bridgehead atoms. The number of alkyl carbamates (subject to hydrolysis) is 1. The Balaban J connectivity index is 1.38. The van der Waals surface area contributed by atoms with Gasteiger partial charge in [0.05, 0.1) is 5.92 Å². The lowest BCUT2D eigenvalue weighted by Crippen LogP contribution is -2.58. The molecule has 1 aliphatic carbocycles. The predicted molar refractivity (Wildman–Crippen MR) is 124 cm³/mol. The molecule has 7 heteroatoms. The summed E-state index contributed by atoms with van der Waals surface area (Å²) in [5.74, 6) is -1.73. The third-order valence-electron chi connectivity index (χ3n) is 6.80. The van der Waals surface area contributed by atoms with Crippen molar-refractivity contribution >= 4 is 18.0 Å². The molecule has 0 spiro atoms. The van der Waals surface area contributed by atoms with Gasteiger partial charge in [0.2, 0.25) is 5.91 Å². The van der Waals surface area contributed by atoms with Crippen molar-refractivity contribution in [2.45, 2.75) is 38.6 Å². The molecule has 2 amide bonds. The van der Waals surface area contributed by atoms with Crippen LogP contribution in [-0.2, 0) is 14.3 Å². The first-order valence-corrected chi connectivity index (χ1v) is 11.3. The smallest absolute Gasteiger partial charge is 0.408 e. The van der Waals surface area contributed by atoms with Crippen LogP contribution in [0.2, 0.25) is 0 Å². The van der Waals surface area contributed by atoms with Gasteiger partial charge in [0, 0.05) is 19.0 Å². The van der Waals surface area contributed by atoms with E-state index in [0.29, 0.717) is 19.5 Å². The zero-order valence-corrected chi connectivity index (χ0v) is 19.2. The number of hydrogen-bond donors (Lipinski definition) is 2. The fraction of sp³-hybridized carbons (Fsp3) is 0.423. The SMILES string of the molecule is CC1CN(C(=O)C(C)(C)NC(=O)OCC2c3ccccc3-c3ccccc32)CCC1C(=O)O. The van der Waals surface area contributed by atoms with Crippen molar-refractivity contribution in [1.29, 1.82) is 0 Å². The molecule has 0 radical (unpaired) electrons. The number of carbonyl (C=O) groups is 3. The number of hydrogen-bond acceptors (Lipinski definition) is 4. The molecule has 0 saturated carbocycles. The van der Waals surface area contributed by atoms with Crippen LogP contribution < -0.4 is 5.32 Å². The number of likely N-dealkylation sites (tertiary alicyclic amines) is 1. The second-order valence-electron chi connectivity index (χ2n) is 9.54. The molecule has 1 saturated heterocycles. The van der Waals surface area contributed by atoms with Gasteiger partial charge >= 0.3 is 12.1 Å². The van der Waals surface area contributed by atoms with Crippen molar-refractivity contribution in [2.75, 3.05) is 19.7 Å². The quantitative estimate of drug-likeness (QED) is 0.721. The van der Waals surface area contributed by atoms with Gasteiger partial charge in [-0.05, 0) is 48.4 Å². The molecule has 2 atom stereocenters. The Kier molecular flexibility index (Phi) is 6.15. The third kappa shape index (κ3) is 4.45. The summed E-state index contributed by atoms with van der Waals surface area (Å²) in [6.07, 6.45) is -0.243. The summed E-state index contributed by atoms with van der Waals surface area (Å²) >= 11 is 0. The highest BCUT2D eigenvalue weighted by atomic mass is 16.5. The van der Waals surface area contributed by atoms with Gasteiger partial charge in [-0.15, -0.1) is 0 Å². The summed E-state index contributed by atoms with van der Waals surface area (Å²) in [7, 11) is 0. The van der Waals surface area contributed by atoms with Gasteiger partial charge in [0.1, 0.15) is 12.1 Å². The van der Waals surface area contributed by atoms with E-state index in [1.165, 1.54) is 0 Å². The minimum absolute atomic E-state index is 0.0575. The standard InChI is InChI=1S/C26H30N2O5/c1-16-14-28(13-12-17(16)23(29)30)24(31)26(2,3)27-25(32)33-15-22-20-10-6-4-8-18(20)19-9-5-7-11-21(19)22/h4-11,16-17,22H,12-15H2,1-3H3,(H,27,32)(H,29,30). The van der Waals surface area contributed by atoms with E-state index in [2.05, 4.69) is 29.6 Å². The van der Waals surface area contributed by atoms with Gasteiger partial charge in [-0.25, -0.2) is 4.79 Å². The Hall–Kier alpha value is -3.35. The number of nitrogens with one attached hydrogen (secondary N) is 1. The number of benzene rings is 2. The van der Waals surface area contributed by atoms with Crippen molar-refractivity contribution in [2.24, 2.45) is 11.8 Å². The number of fused-ring (bicyclic) bond motifs is 3. The maximum atomic E-state index is 13.1. The molecular formula is C26H30N2O5. The molecule has 33 heavy (non-hydrogen) atoms. The second kappa shape index (κ2) is 8.89. The van der Waals surface area contributed by atoms with E-state index in [4.69, 9.17) is 4.74 Å². The normalized spacial score (nSPS) is 20.0. The van der Waals surface area contributed by atoms with Crippen LogP contribution in [0.1, 0.15) is 44.2 Å². The number of carboxylic acids is 1. The van der Waals surface area contributed by atoms with Crippen LogP contribution in [0.5, 0.6) is 0 Å². The largest absolute Gasteiger partial charge is 0.481 e. The van der Waals surface area contributed by atoms with Gasteiger partial charge < -0.3 is 20.1 Å². The highest BCUT2D eigenvalue weighted by Crippen LogP contribution is 2.44.